The van der Waals surface area contributed by atoms with E-state index in [1.54, 1.807) is 12.1 Å². The van der Waals surface area contributed by atoms with Crippen molar-refractivity contribution in [3.63, 3.8) is 0 Å². The van der Waals surface area contributed by atoms with Gasteiger partial charge in [-0.15, -0.1) is 0 Å². The number of amides is 1. The number of carbonyl (C=O) groups is 1. The fourth-order valence-corrected chi connectivity index (χ4v) is 2.94. The minimum absolute atomic E-state index is 0.125. The molecule has 0 saturated heterocycles. The Morgan fingerprint density at radius 3 is 2.59 bits per heavy atom. The minimum atomic E-state index is -0.178. The van der Waals surface area contributed by atoms with Crippen molar-refractivity contribution in [2.45, 2.75) is 33.2 Å². The van der Waals surface area contributed by atoms with Crippen LogP contribution in [0.4, 0.5) is 5.69 Å². The van der Waals surface area contributed by atoms with Crippen LogP contribution in [0.1, 0.15) is 25.3 Å². The molecule has 0 bridgehead atoms. The quantitative estimate of drug-likeness (QED) is 0.629. The first-order valence-electron chi connectivity index (χ1n) is 9.73. The number of benzene rings is 2. The van der Waals surface area contributed by atoms with E-state index in [1.165, 1.54) is 16.3 Å². The second-order valence-corrected chi connectivity index (χ2v) is 6.73. The average Bonchev–Trinajstić information content (AvgIpc) is 2.72. The van der Waals surface area contributed by atoms with Gasteiger partial charge in [0.2, 0.25) is 5.91 Å². The Bertz CT molecular complexity index is 1030. The van der Waals surface area contributed by atoms with Crippen LogP contribution in [0.15, 0.2) is 65.5 Å². The zero-order valence-electron chi connectivity index (χ0n) is 16.7. The lowest BCUT2D eigenvalue weighted by Crippen LogP contribution is -2.23. The summed E-state index contributed by atoms with van der Waals surface area (Å²) >= 11 is 0. The molecule has 0 aliphatic rings. The first-order chi connectivity index (χ1) is 14.1. The van der Waals surface area contributed by atoms with Gasteiger partial charge < -0.3 is 10.1 Å². The Hall–Kier alpha value is -3.41. The van der Waals surface area contributed by atoms with Gasteiger partial charge in [-0.1, -0.05) is 42.0 Å². The van der Waals surface area contributed by atoms with E-state index in [0.29, 0.717) is 31.0 Å². The number of hydrogen-bond donors (Lipinski definition) is 1. The SMILES string of the molecule is CCOc1ccccc1NC(=O)CCCn1nc(-c2ccc(C)cc2)ccc1=O. The zero-order valence-corrected chi connectivity index (χ0v) is 16.7. The summed E-state index contributed by atoms with van der Waals surface area (Å²) in [4.78, 5) is 24.4. The lowest BCUT2D eigenvalue weighted by molar-refractivity contribution is -0.116. The lowest BCUT2D eigenvalue weighted by Gasteiger charge is -2.11. The van der Waals surface area contributed by atoms with Crippen LogP contribution >= 0.6 is 0 Å². The summed E-state index contributed by atoms with van der Waals surface area (Å²) < 4.78 is 6.93. The van der Waals surface area contributed by atoms with Gasteiger partial charge in [0, 0.05) is 24.6 Å². The molecule has 0 saturated carbocycles. The van der Waals surface area contributed by atoms with Crippen LogP contribution in [0.3, 0.4) is 0 Å². The number of para-hydroxylation sites is 2. The lowest BCUT2D eigenvalue weighted by atomic mass is 10.1. The van der Waals surface area contributed by atoms with Crippen molar-refractivity contribution >= 4 is 11.6 Å². The van der Waals surface area contributed by atoms with Gasteiger partial charge in [-0.05, 0) is 38.5 Å². The van der Waals surface area contributed by atoms with E-state index < -0.39 is 0 Å². The van der Waals surface area contributed by atoms with Gasteiger partial charge in [0.15, 0.2) is 0 Å². The fourth-order valence-electron chi connectivity index (χ4n) is 2.94. The zero-order chi connectivity index (χ0) is 20.6. The number of hydrogen-bond acceptors (Lipinski definition) is 4. The average molecular weight is 391 g/mol. The molecule has 6 heteroatoms. The van der Waals surface area contributed by atoms with Gasteiger partial charge in [-0.2, -0.15) is 5.10 Å². The molecule has 2 aromatic carbocycles. The summed E-state index contributed by atoms with van der Waals surface area (Å²) in [5, 5.41) is 7.31. The summed E-state index contributed by atoms with van der Waals surface area (Å²) in [6, 6.07) is 18.6. The maximum atomic E-state index is 12.3. The van der Waals surface area contributed by atoms with Crippen molar-refractivity contribution in [3.05, 3.63) is 76.6 Å². The monoisotopic (exact) mass is 391 g/mol. The van der Waals surface area contributed by atoms with E-state index in [4.69, 9.17) is 4.74 Å². The molecule has 29 heavy (non-hydrogen) atoms. The molecule has 0 spiro atoms. The molecular weight excluding hydrogens is 366 g/mol. The number of carbonyl (C=O) groups excluding carboxylic acids is 1. The van der Waals surface area contributed by atoms with Gasteiger partial charge in [0.05, 0.1) is 18.0 Å². The van der Waals surface area contributed by atoms with Crippen molar-refractivity contribution in [2.24, 2.45) is 0 Å². The predicted octanol–water partition coefficient (Wildman–Crippen LogP) is 4.04. The maximum Gasteiger partial charge on any atom is 0.266 e. The molecule has 6 nitrogen and oxygen atoms in total. The Morgan fingerprint density at radius 2 is 1.83 bits per heavy atom. The Kier molecular flexibility index (Phi) is 6.79. The van der Waals surface area contributed by atoms with Gasteiger partial charge in [0.1, 0.15) is 5.75 Å². The smallest absolute Gasteiger partial charge is 0.266 e. The molecule has 1 heterocycles. The maximum absolute atomic E-state index is 12.3. The fraction of sp³-hybridized carbons (Fsp3) is 0.261. The number of nitrogens with zero attached hydrogens (tertiary/aromatic N) is 2. The number of nitrogens with one attached hydrogen (secondary N) is 1. The highest BCUT2D eigenvalue weighted by atomic mass is 16.5. The van der Waals surface area contributed by atoms with E-state index in [9.17, 15) is 9.59 Å². The van der Waals surface area contributed by atoms with Crippen LogP contribution in [0.2, 0.25) is 0 Å². The molecule has 0 radical (unpaired) electrons. The number of aromatic nitrogens is 2. The first-order valence-corrected chi connectivity index (χ1v) is 9.73. The molecule has 3 aromatic rings. The molecule has 0 aliphatic heterocycles. The van der Waals surface area contributed by atoms with E-state index in [0.717, 1.165) is 11.3 Å². The summed E-state index contributed by atoms with van der Waals surface area (Å²) in [6.07, 6.45) is 0.788. The second-order valence-electron chi connectivity index (χ2n) is 6.73. The van der Waals surface area contributed by atoms with Gasteiger partial charge in [-0.3, -0.25) is 9.59 Å². The molecule has 1 amide bonds. The molecule has 1 N–H and O–H groups in total. The van der Waals surface area contributed by atoms with Crippen molar-refractivity contribution < 1.29 is 9.53 Å². The summed E-state index contributed by atoms with van der Waals surface area (Å²) in [6.45, 7) is 4.82. The largest absolute Gasteiger partial charge is 0.492 e. The van der Waals surface area contributed by atoms with Crippen LogP contribution in [-0.4, -0.2) is 22.3 Å². The van der Waals surface area contributed by atoms with Crippen LogP contribution in [0.5, 0.6) is 5.75 Å². The molecular formula is C23H25N3O3. The molecule has 3 rings (SSSR count). The van der Waals surface area contributed by atoms with E-state index in [2.05, 4.69) is 10.4 Å². The summed E-state index contributed by atoms with van der Waals surface area (Å²) in [5.41, 5.74) is 3.33. The molecule has 0 unspecified atom stereocenters. The third-order valence-corrected chi connectivity index (χ3v) is 4.45. The van der Waals surface area contributed by atoms with E-state index in [-0.39, 0.29) is 17.9 Å². The number of rotatable bonds is 8. The standard InChI is InChI=1S/C23H25N3O3/c1-3-29-21-8-5-4-7-20(21)24-22(27)9-6-16-26-23(28)15-14-19(25-26)18-12-10-17(2)11-13-18/h4-5,7-8,10-15H,3,6,9,16H2,1-2H3,(H,24,27). The molecule has 1 aromatic heterocycles. The Morgan fingerprint density at radius 1 is 1.07 bits per heavy atom. The van der Waals surface area contributed by atoms with Crippen molar-refractivity contribution in [1.82, 2.24) is 9.78 Å². The van der Waals surface area contributed by atoms with Crippen LogP contribution in [-0.2, 0) is 11.3 Å². The molecule has 0 atom stereocenters. The molecule has 150 valence electrons. The molecule has 0 fully saturated rings. The van der Waals surface area contributed by atoms with Crippen LogP contribution < -0.4 is 15.6 Å². The summed E-state index contributed by atoms with van der Waals surface area (Å²) in [7, 11) is 0. The van der Waals surface area contributed by atoms with E-state index in [1.807, 2.05) is 56.3 Å². The van der Waals surface area contributed by atoms with Crippen LogP contribution in [0, 0.1) is 6.92 Å². The number of anilines is 1. The highest BCUT2D eigenvalue weighted by molar-refractivity contribution is 5.92. The molecule has 0 aliphatic carbocycles. The van der Waals surface area contributed by atoms with Crippen molar-refractivity contribution in [1.29, 1.82) is 0 Å². The van der Waals surface area contributed by atoms with Crippen LogP contribution in [0.25, 0.3) is 11.3 Å². The minimum Gasteiger partial charge on any atom is -0.492 e. The van der Waals surface area contributed by atoms with E-state index >= 15 is 0 Å². The number of aryl methyl sites for hydroxylation is 2. The van der Waals surface area contributed by atoms with Gasteiger partial charge >= 0.3 is 0 Å². The van der Waals surface area contributed by atoms with Gasteiger partial charge in [-0.25, -0.2) is 4.68 Å². The Labute approximate surface area is 170 Å². The Balaban J connectivity index is 1.60. The number of ether oxygens (including phenoxy) is 1. The van der Waals surface area contributed by atoms with Crippen molar-refractivity contribution in [2.75, 3.05) is 11.9 Å². The van der Waals surface area contributed by atoms with Crippen molar-refractivity contribution in [3.8, 4) is 17.0 Å². The second kappa shape index (κ2) is 9.68. The highest BCUT2D eigenvalue weighted by Crippen LogP contribution is 2.23. The highest BCUT2D eigenvalue weighted by Gasteiger charge is 2.08. The third kappa shape index (κ3) is 5.54. The summed E-state index contributed by atoms with van der Waals surface area (Å²) in [5.74, 6) is 0.520. The normalized spacial score (nSPS) is 10.6. The van der Waals surface area contributed by atoms with Gasteiger partial charge in [0.25, 0.3) is 5.56 Å². The first kappa shape index (κ1) is 20.3. The predicted molar refractivity (Wildman–Crippen MR) is 114 cm³/mol. The third-order valence-electron chi connectivity index (χ3n) is 4.45. The topological polar surface area (TPSA) is 73.2 Å².